The number of amides is 1. The van der Waals surface area contributed by atoms with Gasteiger partial charge in [0.05, 0.1) is 30.2 Å². The summed E-state index contributed by atoms with van der Waals surface area (Å²) in [5, 5.41) is 16.0. The topological polar surface area (TPSA) is 106 Å². The highest BCUT2D eigenvalue weighted by Gasteiger charge is 2.38. The monoisotopic (exact) mass is 379 g/mol. The number of carbonyl (C=O) groups is 1. The Hall–Kier alpha value is -2.29. The molecule has 4 N–H and O–H groups in total. The van der Waals surface area contributed by atoms with Gasteiger partial charge in [0.15, 0.2) is 5.65 Å². The van der Waals surface area contributed by atoms with Crippen LogP contribution in [0.1, 0.15) is 61.9 Å². The molecule has 2 heterocycles. The van der Waals surface area contributed by atoms with Crippen molar-refractivity contribution in [3.63, 3.8) is 0 Å². The summed E-state index contributed by atoms with van der Waals surface area (Å²) in [6.07, 6.45) is 4.76. The van der Waals surface area contributed by atoms with E-state index in [9.17, 15) is 13.6 Å². The zero-order valence-corrected chi connectivity index (χ0v) is 14.8. The third kappa shape index (κ3) is 3.87. The predicted molar refractivity (Wildman–Crippen MR) is 93.4 cm³/mol. The summed E-state index contributed by atoms with van der Waals surface area (Å²) in [5.41, 5.74) is 8.29. The van der Waals surface area contributed by atoms with Gasteiger partial charge in [-0.05, 0) is 49.1 Å². The Morgan fingerprint density at radius 2 is 2.00 bits per heavy atom. The molecule has 2 aliphatic carbocycles. The fourth-order valence-corrected chi connectivity index (χ4v) is 3.94. The van der Waals surface area contributed by atoms with Gasteiger partial charge in [0.25, 0.3) is 0 Å². The van der Waals surface area contributed by atoms with E-state index in [-0.39, 0.29) is 30.7 Å². The van der Waals surface area contributed by atoms with Crippen LogP contribution in [0.4, 0.5) is 13.6 Å². The number of halogens is 2. The number of hydrogen-bond acceptors (Lipinski definition) is 4. The van der Waals surface area contributed by atoms with Crippen molar-refractivity contribution < 1.29 is 18.7 Å². The first-order valence-corrected chi connectivity index (χ1v) is 9.30. The molecule has 9 heteroatoms. The van der Waals surface area contributed by atoms with E-state index in [1.807, 2.05) is 6.07 Å². The summed E-state index contributed by atoms with van der Waals surface area (Å²) >= 11 is 0. The number of rotatable bonds is 5. The molecule has 1 amide bonds. The van der Waals surface area contributed by atoms with Gasteiger partial charge in [-0.3, -0.25) is 0 Å². The van der Waals surface area contributed by atoms with Gasteiger partial charge in [-0.15, -0.1) is 0 Å². The quantitative estimate of drug-likeness (QED) is 0.739. The second-order valence-corrected chi connectivity index (χ2v) is 7.74. The summed E-state index contributed by atoms with van der Waals surface area (Å²) in [5.74, 6) is -2.33. The van der Waals surface area contributed by atoms with Crippen LogP contribution in [0.25, 0.3) is 5.65 Å². The number of nitrogens with one attached hydrogen (secondary N) is 1. The Balaban J connectivity index is 1.54. The molecule has 0 aromatic carbocycles. The average Bonchev–Trinajstić information content (AvgIpc) is 3.36. The Bertz CT molecular complexity index is 841. The van der Waals surface area contributed by atoms with Gasteiger partial charge >= 0.3 is 6.09 Å². The van der Waals surface area contributed by atoms with Crippen LogP contribution in [-0.2, 0) is 0 Å². The minimum absolute atomic E-state index is 0.0260. The standard InChI is InChI=1S/C18H23F2N5O2/c19-18(20)5-3-10(4-6-18)15(21)13-9-25-14(23-13)7-12(8-22-25)16(11-1-2-11)24-17(26)27/h7-11,15-16,24H,1-6,21H2,(H,26,27)/t15-,16+/m0/s1. The first kappa shape index (κ1) is 18.1. The predicted octanol–water partition coefficient (Wildman–Crippen LogP) is 3.27. The summed E-state index contributed by atoms with van der Waals surface area (Å²) < 4.78 is 28.3. The van der Waals surface area contributed by atoms with Crippen LogP contribution in [0.5, 0.6) is 0 Å². The van der Waals surface area contributed by atoms with E-state index in [4.69, 9.17) is 10.8 Å². The van der Waals surface area contributed by atoms with Gasteiger partial charge < -0.3 is 16.2 Å². The molecule has 0 bridgehead atoms. The second-order valence-electron chi connectivity index (χ2n) is 7.74. The SMILES string of the molecule is N[C@H](c1cn2ncc([C@H](NC(=O)O)C3CC3)cc2n1)C1CCC(F)(F)CC1. The molecule has 4 rings (SSSR count). The number of hydrogen-bond donors (Lipinski definition) is 3. The van der Waals surface area contributed by atoms with Crippen molar-refractivity contribution in [1.82, 2.24) is 19.9 Å². The lowest BCUT2D eigenvalue weighted by Crippen LogP contribution is -2.31. The third-order valence-corrected chi connectivity index (χ3v) is 5.70. The number of nitrogens with two attached hydrogens (primary N) is 1. The number of carboxylic acid groups (broad SMARTS) is 1. The second kappa shape index (κ2) is 6.70. The smallest absolute Gasteiger partial charge is 0.405 e. The van der Waals surface area contributed by atoms with Crippen molar-refractivity contribution in [3.8, 4) is 0 Å². The van der Waals surface area contributed by atoms with Crippen LogP contribution < -0.4 is 11.1 Å². The van der Waals surface area contributed by atoms with Crippen LogP contribution in [-0.4, -0.2) is 31.7 Å². The molecular weight excluding hydrogens is 356 g/mol. The van der Waals surface area contributed by atoms with Gasteiger partial charge in [-0.2, -0.15) is 5.10 Å². The molecule has 2 aromatic heterocycles. The molecule has 0 radical (unpaired) electrons. The van der Waals surface area contributed by atoms with Crippen molar-refractivity contribution in [2.45, 2.75) is 56.5 Å². The molecule has 2 aliphatic rings. The minimum atomic E-state index is -2.58. The van der Waals surface area contributed by atoms with Crippen LogP contribution in [0.15, 0.2) is 18.5 Å². The molecule has 0 saturated heterocycles. The first-order valence-electron chi connectivity index (χ1n) is 9.30. The lowest BCUT2D eigenvalue weighted by molar-refractivity contribution is -0.0484. The number of fused-ring (bicyclic) bond motifs is 1. The molecule has 0 unspecified atom stereocenters. The lowest BCUT2D eigenvalue weighted by Gasteiger charge is -2.31. The Morgan fingerprint density at radius 3 is 2.63 bits per heavy atom. The van der Waals surface area contributed by atoms with E-state index >= 15 is 0 Å². The van der Waals surface area contributed by atoms with Crippen molar-refractivity contribution in [1.29, 1.82) is 0 Å². The average molecular weight is 379 g/mol. The maximum atomic E-state index is 13.4. The highest BCUT2D eigenvalue weighted by Crippen LogP contribution is 2.42. The fourth-order valence-electron chi connectivity index (χ4n) is 3.94. The van der Waals surface area contributed by atoms with E-state index in [2.05, 4.69) is 15.4 Å². The molecular formula is C18H23F2N5O2. The normalized spacial score (nSPS) is 22.5. The molecule has 146 valence electrons. The Morgan fingerprint density at radius 1 is 1.30 bits per heavy atom. The fraction of sp³-hybridized carbons (Fsp3) is 0.611. The molecule has 0 spiro atoms. The number of alkyl halides is 2. The molecule has 7 nitrogen and oxygen atoms in total. The summed E-state index contributed by atoms with van der Waals surface area (Å²) in [6, 6.07) is 1.11. The van der Waals surface area contributed by atoms with Crippen LogP contribution in [0.2, 0.25) is 0 Å². The van der Waals surface area contributed by atoms with Gasteiger partial charge in [-0.1, -0.05) is 0 Å². The van der Waals surface area contributed by atoms with E-state index in [0.717, 1.165) is 18.4 Å². The number of aromatic nitrogens is 3. The Labute approximate surface area is 155 Å². The van der Waals surface area contributed by atoms with Crippen molar-refractivity contribution >= 4 is 11.7 Å². The maximum absolute atomic E-state index is 13.4. The van der Waals surface area contributed by atoms with Crippen LogP contribution >= 0.6 is 0 Å². The summed E-state index contributed by atoms with van der Waals surface area (Å²) in [7, 11) is 0. The molecule has 0 aliphatic heterocycles. The molecule has 2 fully saturated rings. The molecule has 2 saturated carbocycles. The third-order valence-electron chi connectivity index (χ3n) is 5.70. The van der Waals surface area contributed by atoms with Gasteiger partial charge in [0.1, 0.15) is 0 Å². The van der Waals surface area contributed by atoms with Crippen molar-refractivity contribution in [2.24, 2.45) is 17.6 Å². The van der Waals surface area contributed by atoms with E-state index in [1.54, 1.807) is 16.9 Å². The Kier molecular flexibility index (Phi) is 4.49. The zero-order chi connectivity index (χ0) is 19.2. The molecule has 2 atom stereocenters. The highest BCUT2D eigenvalue weighted by atomic mass is 19.3. The van der Waals surface area contributed by atoms with Crippen molar-refractivity contribution in [3.05, 3.63) is 29.7 Å². The van der Waals surface area contributed by atoms with Gasteiger partial charge in [-0.25, -0.2) is 23.1 Å². The van der Waals surface area contributed by atoms with Crippen LogP contribution in [0, 0.1) is 11.8 Å². The number of nitrogens with zero attached hydrogens (tertiary/aromatic N) is 3. The maximum Gasteiger partial charge on any atom is 0.405 e. The van der Waals surface area contributed by atoms with E-state index in [0.29, 0.717) is 24.2 Å². The van der Waals surface area contributed by atoms with Crippen LogP contribution in [0.3, 0.4) is 0 Å². The van der Waals surface area contributed by atoms with Gasteiger partial charge in [0, 0.05) is 12.8 Å². The summed E-state index contributed by atoms with van der Waals surface area (Å²) in [6.45, 7) is 0. The zero-order valence-electron chi connectivity index (χ0n) is 14.8. The highest BCUT2D eigenvalue weighted by molar-refractivity contribution is 5.65. The molecule has 27 heavy (non-hydrogen) atoms. The largest absolute Gasteiger partial charge is 0.465 e. The number of imidazole rings is 1. The minimum Gasteiger partial charge on any atom is -0.465 e. The van der Waals surface area contributed by atoms with E-state index in [1.165, 1.54) is 0 Å². The van der Waals surface area contributed by atoms with E-state index < -0.39 is 18.1 Å². The van der Waals surface area contributed by atoms with Gasteiger partial charge in [0.2, 0.25) is 5.92 Å². The first-order chi connectivity index (χ1) is 12.8. The van der Waals surface area contributed by atoms with Crippen molar-refractivity contribution in [2.75, 3.05) is 0 Å². The lowest BCUT2D eigenvalue weighted by atomic mass is 9.81. The molecule has 2 aromatic rings. The summed E-state index contributed by atoms with van der Waals surface area (Å²) in [4.78, 5) is 15.6.